The molecule has 2 N–H and O–H groups in total. The molecule has 1 aromatic heterocycles. The number of hydrogen-bond acceptors (Lipinski definition) is 3. The Hall–Kier alpha value is -0.870. The van der Waals surface area contributed by atoms with E-state index in [0.29, 0.717) is 13.0 Å². The van der Waals surface area contributed by atoms with Gasteiger partial charge in [0.25, 0.3) is 0 Å². The van der Waals surface area contributed by atoms with Crippen molar-refractivity contribution in [1.29, 1.82) is 0 Å². The van der Waals surface area contributed by atoms with Crippen molar-refractivity contribution in [3.63, 3.8) is 0 Å². The molecule has 0 radical (unpaired) electrons. The molecule has 18 heavy (non-hydrogen) atoms. The van der Waals surface area contributed by atoms with E-state index in [0.717, 1.165) is 19.3 Å². The predicted octanol–water partition coefficient (Wildman–Crippen LogP) is 2.60. The smallest absolute Gasteiger partial charge is 0.220 e. The van der Waals surface area contributed by atoms with Gasteiger partial charge in [0.1, 0.15) is 0 Å². The van der Waals surface area contributed by atoms with Crippen LogP contribution in [0.1, 0.15) is 38.0 Å². The van der Waals surface area contributed by atoms with Crippen LogP contribution in [0, 0.1) is 5.41 Å². The highest BCUT2D eigenvalue weighted by Gasteiger charge is 2.18. The Balaban J connectivity index is 2.20. The number of aliphatic hydroxyl groups excluding tert-OH is 1. The van der Waals surface area contributed by atoms with Crippen LogP contribution in [0.3, 0.4) is 0 Å². The average Bonchev–Trinajstić information content (AvgIpc) is 2.84. The van der Waals surface area contributed by atoms with Crippen molar-refractivity contribution >= 4 is 17.2 Å². The van der Waals surface area contributed by atoms with Crippen LogP contribution in [-0.4, -0.2) is 24.2 Å². The number of carbonyl (C=O) groups excluding carboxylic acids is 1. The molecule has 0 bridgehead atoms. The highest BCUT2D eigenvalue weighted by Crippen LogP contribution is 2.20. The molecule has 0 saturated carbocycles. The van der Waals surface area contributed by atoms with Gasteiger partial charge in [-0.3, -0.25) is 4.79 Å². The Morgan fingerprint density at radius 1 is 1.50 bits per heavy atom. The summed E-state index contributed by atoms with van der Waals surface area (Å²) in [7, 11) is 0. The number of aliphatic hydroxyl groups is 1. The van der Waals surface area contributed by atoms with E-state index in [9.17, 15) is 4.79 Å². The Morgan fingerprint density at radius 2 is 2.28 bits per heavy atom. The van der Waals surface area contributed by atoms with Crippen molar-refractivity contribution in [2.24, 2.45) is 5.41 Å². The molecule has 1 aromatic rings. The maximum absolute atomic E-state index is 11.7. The number of hydrogen-bond donors (Lipinski definition) is 2. The van der Waals surface area contributed by atoms with Crippen LogP contribution in [0.4, 0.5) is 0 Å². The number of rotatable bonds is 8. The summed E-state index contributed by atoms with van der Waals surface area (Å²) >= 11 is 1.69. The maximum atomic E-state index is 11.7. The van der Waals surface area contributed by atoms with Crippen LogP contribution in [0.15, 0.2) is 17.5 Å². The van der Waals surface area contributed by atoms with Gasteiger partial charge in [-0.2, -0.15) is 0 Å². The Kier molecular flexibility index (Phi) is 6.36. The van der Waals surface area contributed by atoms with Crippen LogP contribution < -0.4 is 5.32 Å². The van der Waals surface area contributed by atoms with Crippen LogP contribution in [-0.2, 0) is 11.2 Å². The second-order valence-electron chi connectivity index (χ2n) is 5.35. The van der Waals surface area contributed by atoms with Crippen molar-refractivity contribution < 1.29 is 9.90 Å². The molecule has 1 amide bonds. The van der Waals surface area contributed by atoms with Gasteiger partial charge in [0.15, 0.2) is 0 Å². The first-order chi connectivity index (χ1) is 8.53. The van der Waals surface area contributed by atoms with Gasteiger partial charge >= 0.3 is 0 Å². The SMILES string of the molecule is CC(C)(CCCO)CNC(=O)CCc1cccs1. The van der Waals surface area contributed by atoms with E-state index < -0.39 is 0 Å². The van der Waals surface area contributed by atoms with E-state index in [4.69, 9.17) is 5.11 Å². The van der Waals surface area contributed by atoms with Crippen LogP contribution in [0.2, 0.25) is 0 Å². The first kappa shape index (κ1) is 15.2. The first-order valence-electron chi connectivity index (χ1n) is 6.43. The lowest BCUT2D eigenvalue weighted by atomic mass is 9.88. The topological polar surface area (TPSA) is 49.3 Å². The molecular weight excluding hydrogens is 246 g/mol. The summed E-state index contributed by atoms with van der Waals surface area (Å²) in [6.45, 7) is 5.12. The zero-order valence-corrected chi connectivity index (χ0v) is 12.1. The van der Waals surface area contributed by atoms with Gasteiger partial charge in [0.2, 0.25) is 5.91 Å². The zero-order valence-electron chi connectivity index (χ0n) is 11.2. The van der Waals surface area contributed by atoms with Gasteiger partial charge in [0.05, 0.1) is 0 Å². The largest absolute Gasteiger partial charge is 0.396 e. The Morgan fingerprint density at radius 3 is 2.89 bits per heavy atom. The molecule has 3 nitrogen and oxygen atoms in total. The van der Waals surface area contributed by atoms with E-state index >= 15 is 0 Å². The minimum atomic E-state index is 0.0569. The molecule has 0 unspecified atom stereocenters. The highest BCUT2D eigenvalue weighted by atomic mass is 32.1. The summed E-state index contributed by atoms with van der Waals surface area (Å²) in [5.41, 5.74) is 0.0569. The lowest BCUT2D eigenvalue weighted by Crippen LogP contribution is -2.34. The number of carbonyl (C=O) groups is 1. The standard InChI is InChI=1S/C14H23NO2S/c1-14(2,8-4-9-16)11-15-13(17)7-6-12-5-3-10-18-12/h3,5,10,16H,4,6-9,11H2,1-2H3,(H,15,17). The van der Waals surface area contributed by atoms with E-state index in [2.05, 4.69) is 25.2 Å². The number of amides is 1. The second-order valence-corrected chi connectivity index (χ2v) is 6.38. The fourth-order valence-electron chi connectivity index (χ4n) is 1.76. The molecule has 0 aliphatic heterocycles. The van der Waals surface area contributed by atoms with Gasteiger partial charge in [0, 0.05) is 24.4 Å². The van der Waals surface area contributed by atoms with Gasteiger partial charge in [-0.25, -0.2) is 0 Å². The summed E-state index contributed by atoms with van der Waals surface area (Å²) in [6, 6.07) is 4.07. The van der Waals surface area contributed by atoms with Crippen molar-refractivity contribution in [2.45, 2.75) is 39.5 Å². The highest BCUT2D eigenvalue weighted by molar-refractivity contribution is 7.09. The van der Waals surface area contributed by atoms with Gasteiger partial charge in [-0.15, -0.1) is 11.3 Å². The first-order valence-corrected chi connectivity index (χ1v) is 7.31. The summed E-state index contributed by atoms with van der Waals surface area (Å²) in [5, 5.41) is 13.8. The quantitative estimate of drug-likeness (QED) is 0.762. The van der Waals surface area contributed by atoms with Crippen LogP contribution in [0.25, 0.3) is 0 Å². The second kappa shape index (κ2) is 7.54. The van der Waals surface area contributed by atoms with E-state index in [-0.39, 0.29) is 17.9 Å². The van der Waals surface area contributed by atoms with Crippen molar-refractivity contribution in [3.8, 4) is 0 Å². The molecule has 102 valence electrons. The molecule has 0 fully saturated rings. The molecule has 0 aliphatic rings. The van der Waals surface area contributed by atoms with E-state index in [1.807, 2.05) is 11.4 Å². The molecule has 1 rings (SSSR count). The normalized spacial score (nSPS) is 11.5. The fraction of sp³-hybridized carbons (Fsp3) is 0.643. The summed E-state index contributed by atoms with van der Waals surface area (Å²) in [6.07, 6.45) is 3.09. The summed E-state index contributed by atoms with van der Waals surface area (Å²) in [5.74, 6) is 0.112. The third-order valence-corrected chi connectivity index (χ3v) is 3.89. The van der Waals surface area contributed by atoms with Crippen LogP contribution >= 0.6 is 11.3 Å². The van der Waals surface area contributed by atoms with Crippen molar-refractivity contribution in [2.75, 3.05) is 13.2 Å². The molecule has 0 spiro atoms. The number of thiophene rings is 1. The Labute approximate surface area is 113 Å². The minimum absolute atomic E-state index is 0.0569. The average molecular weight is 269 g/mol. The molecule has 0 aromatic carbocycles. The third-order valence-electron chi connectivity index (χ3n) is 2.95. The maximum Gasteiger partial charge on any atom is 0.220 e. The molecule has 1 heterocycles. The number of nitrogens with one attached hydrogen (secondary N) is 1. The zero-order chi connectivity index (χ0) is 13.4. The minimum Gasteiger partial charge on any atom is -0.396 e. The lowest BCUT2D eigenvalue weighted by molar-refractivity contribution is -0.121. The van der Waals surface area contributed by atoms with Crippen molar-refractivity contribution in [3.05, 3.63) is 22.4 Å². The molecular formula is C14H23NO2S. The summed E-state index contributed by atoms with van der Waals surface area (Å²) < 4.78 is 0. The fourth-order valence-corrected chi connectivity index (χ4v) is 2.47. The molecule has 0 atom stereocenters. The summed E-state index contributed by atoms with van der Waals surface area (Å²) in [4.78, 5) is 13.0. The van der Waals surface area contributed by atoms with E-state index in [1.54, 1.807) is 11.3 Å². The van der Waals surface area contributed by atoms with Crippen molar-refractivity contribution in [1.82, 2.24) is 5.32 Å². The molecule has 0 aliphatic carbocycles. The van der Waals surface area contributed by atoms with Gasteiger partial charge < -0.3 is 10.4 Å². The molecule has 0 saturated heterocycles. The molecule has 4 heteroatoms. The van der Waals surface area contributed by atoms with Gasteiger partial charge in [-0.05, 0) is 36.1 Å². The Bertz CT molecular complexity index is 347. The monoisotopic (exact) mass is 269 g/mol. The van der Waals surface area contributed by atoms with Gasteiger partial charge in [-0.1, -0.05) is 19.9 Å². The van der Waals surface area contributed by atoms with Crippen LogP contribution in [0.5, 0.6) is 0 Å². The number of aryl methyl sites for hydroxylation is 1. The van der Waals surface area contributed by atoms with E-state index in [1.165, 1.54) is 4.88 Å². The lowest BCUT2D eigenvalue weighted by Gasteiger charge is -2.24. The predicted molar refractivity (Wildman–Crippen MR) is 75.8 cm³/mol. The third kappa shape index (κ3) is 6.17.